The summed E-state index contributed by atoms with van der Waals surface area (Å²) in [4.78, 5) is 0. The topological polar surface area (TPSA) is 36.9 Å². The minimum atomic E-state index is 0. The number of hydrogen-bond donors (Lipinski definition) is 0. The van der Waals surface area contributed by atoms with Gasteiger partial charge in [0.15, 0.2) is 0 Å². The molecule has 626 valence electrons. The van der Waals surface area contributed by atoms with Crippen molar-refractivity contribution in [3.63, 3.8) is 0 Å². The lowest BCUT2D eigenvalue weighted by Gasteiger charge is -1.82. The van der Waals surface area contributed by atoms with Crippen LogP contribution in [0.25, 0.3) is 0 Å². The third-order valence-electron chi connectivity index (χ3n) is 2.94. The second kappa shape index (κ2) is 1120. The van der Waals surface area contributed by atoms with Crippen LogP contribution in [0.4, 0.5) is 0 Å². The zero-order chi connectivity index (χ0) is 86.7. The van der Waals surface area contributed by atoms with Gasteiger partial charge in [-0.15, -0.1) is 0 Å². The van der Waals surface area contributed by atoms with E-state index in [2.05, 4.69) is 38.0 Å². The Morgan fingerprint density at radius 1 is 0.133 bits per heavy atom. The smallest absolute Gasteiger partial charge is 0.0351 e. The molecule has 0 saturated heterocycles. The number of aryl methyl sites for hydroxylation is 1. The minimum absolute atomic E-state index is 0. The fraction of sp³-hybridized carbons (Fsp3) is 0.739. The molecule has 0 heterocycles. The van der Waals surface area contributed by atoms with Crippen molar-refractivity contribution in [1.29, 1.82) is 0 Å². The van der Waals surface area contributed by atoms with E-state index in [4.69, 9.17) is 0 Å². The molecule has 4 nitrogen and oxygen atoms in total. The third-order valence-corrected chi connectivity index (χ3v) is 2.94. The van der Waals surface area contributed by atoms with E-state index in [9.17, 15) is 0 Å². The summed E-state index contributed by atoms with van der Waals surface area (Å²) >= 11 is 0. The molecule has 6 heteroatoms. The molecule has 98 heavy (non-hydrogen) atoms. The van der Waals surface area contributed by atoms with E-state index < -0.39 is 0 Å². The number of hydrogen-bond acceptors (Lipinski definition) is 4. The van der Waals surface area contributed by atoms with E-state index in [1.54, 1.807) is 56.9 Å². The fourth-order valence-electron chi connectivity index (χ4n) is 1.69. The Morgan fingerprint density at radius 3 is 0.204 bits per heavy atom. The van der Waals surface area contributed by atoms with Gasteiger partial charge in [-0.05, 0) is 6.92 Å². The zero-order valence-corrected chi connectivity index (χ0v) is 83.6. The highest BCUT2D eigenvalue weighted by Gasteiger charge is 1.72. The van der Waals surface area contributed by atoms with Gasteiger partial charge < -0.3 is 18.9 Å². The summed E-state index contributed by atoms with van der Waals surface area (Å²) in [5.41, 5.74) is 1.32. The predicted octanol–water partition coefficient (Wildman–Crippen LogP) is 37.7. The summed E-state index contributed by atoms with van der Waals surface area (Å²) in [6, 6.07) is 46.3. The highest BCUT2D eigenvalue weighted by Crippen LogP contribution is 1.92. The van der Waals surface area contributed by atoms with E-state index in [1.807, 2.05) is 529 Å². The number of ether oxygens (including phenoxy) is 4. The van der Waals surface area contributed by atoms with Crippen LogP contribution in [0.3, 0.4) is 0 Å². The second-order valence-electron chi connectivity index (χ2n) is 6.75. The van der Waals surface area contributed by atoms with Crippen molar-refractivity contribution in [2.24, 2.45) is 0 Å². The molecule has 4 aromatic carbocycles. The van der Waals surface area contributed by atoms with Crippen molar-refractivity contribution in [2.45, 2.75) is 416 Å². The van der Waals surface area contributed by atoms with Crippen LogP contribution < -0.4 is 0 Å². The second-order valence-corrected chi connectivity index (χ2v) is 6.75. The van der Waals surface area contributed by atoms with Crippen molar-refractivity contribution < 1.29 is 18.9 Å². The normalized spacial score (nSPS) is 4.60. The van der Waals surface area contributed by atoms with Crippen molar-refractivity contribution in [1.82, 2.24) is 0 Å². The average Bonchev–Trinajstić information content (AvgIpc) is 3.87. The van der Waals surface area contributed by atoms with Crippen LogP contribution in [0.15, 0.2) is 140 Å². The maximum atomic E-state index is 4.25. The van der Waals surface area contributed by atoms with Crippen LogP contribution in [0.1, 0.15) is 415 Å². The lowest BCUT2D eigenvalue weighted by atomic mass is 10.2. The van der Waals surface area contributed by atoms with Gasteiger partial charge in [0.2, 0.25) is 0 Å². The van der Waals surface area contributed by atoms with Crippen LogP contribution in [0, 0.1) is 6.92 Å². The molecule has 6 radical (unpaired) electrons. The lowest BCUT2D eigenvalue weighted by molar-refractivity contribution is 0.277. The Kier molecular flexibility index (Phi) is 2760. The predicted molar refractivity (Wildman–Crippen MR) is 510 cm³/mol. The van der Waals surface area contributed by atoms with Gasteiger partial charge in [0, 0.05) is 73.7 Å². The van der Waals surface area contributed by atoms with Crippen LogP contribution in [-0.2, 0) is 18.9 Å². The quantitative estimate of drug-likeness (QED) is 0.164. The molecular formula is C92H228B2O4. The Morgan fingerprint density at radius 2 is 0.173 bits per heavy atom. The van der Waals surface area contributed by atoms with Gasteiger partial charge >= 0.3 is 0 Å². The third kappa shape index (κ3) is 1500. The molecule has 0 amide bonds. The summed E-state index contributed by atoms with van der Waals surface area (Å²) in [5, 5.41) is 0. The van der Waals surface area contributed by atoms with E-state index >= 15 is 0 Å². The van der Waals surface area contributed by atoms with Crippen LogP contribution in [0.2, 0.25) is 0 Å². The van der Waals surface area contributed by atoms with Crippen LogP contribution in [-0.4, -0.2) is 73.7 Å². The first-order valence-electron chi connectivity index (χ1n) is 40.7. The van der Waals surface area contributed by atoms with Crippen molar-refractivity contribution in [2.75, 3.05) is 56.9 Å². The number of rotatable bonds is 0. The maximum absolute atomic E-state index is 4.25. The van der Waals surface area contributed by atoms with Gasteiger partial charge in [0.25, 0.3) is 0 Å². The van der Waals surface area contributed by atoms with Crippen molar-refractivity contribution in [3.05, 3.63) is 145 Å². The highest BCUT2D eigenvalue weighted by molar-refractivity contribution is 5.76. The first-order chi connectivity index (χ1) is 47.1. The molecule has 0 unspecified atom stereocenters. The highest BCUT2D eigenvalue weighted by atomic mass is 16.5. The molecule has 4 aromatic rings. The van der Waals surface area contributed by atoms with Gasteiger partial charge in [-0.2, -0.15) is 0 Å². The van der Waals surface area contributed by atoms with Gasteiger partial charge in [0.05, 0.1) is 0 Å². The minimum Gasteiger partial charge on any atom is -0.388 e. The molecule has 0 aromatic heterocycles. The first kappa shape index (κ1) is 241. The first-order valence-corrected chi connectivity index (χ1v) is 40.7. The summed E-state index contributed by atoms with van der Waals surface area (Å²) in [6.07, 6.45) is 0. The summed E-state index contributed by atoms with van der Waals surface area (Å²) in [6.45, 7) is 118. The molecule has 0 aliphatic heterocycles. The summed E-state index contributed by atoms with van der Waals surface area (Å²) < 4.78 is 17.0. The van der Waals surface area contributed by atoms with Gasteiger partial charge in [-0.1, -0.05) is 554 Å². The lowest BCUT2D eigenvalue weighted by Crippen LogP contribution is -1.62. The van der Waals surface area contributed by atoms with Gasteiger partial charge in [-0.25, -0.2) is 0 Å². The Labute approximate surface area is 650 Å². The molecule has 4 rings (SSSR count). The molecule has 0 aliphatic carbocycles. The summed E-state index contributed by atoms with van der Waals surface area (Å²) in [5.74, 6) is 0. The molecule has 0 spiro atoms. The maximum Gasteiger partial charge on any atom is 0.0351 e. The standard InChI is InChI=1S/C7H8.3C6H6.4C2H6O.29C2H6.CH4.2B/c1-7-5-3-2-4-6-7;3*1-2-4-6-5-3-1;4*1-3-2;29*1-2;;;/h2-6H,1H3;3*1-6H;4*1-2H3;29*1-2H3;1H4;;. The molecule has 0 fully saturated rings. The van der Waals surface area contributed by atoms with E-state index in [0.29, 0.717) is 0 Å². The fourth-order valence-corrected chi connectivity index (χ4v) is 1.69. The average molecular weight is 1420 g/mol. The molecule has 0 atom stereocenters. The monoisotopic (exact) mass is 1420 g/mol. The van der Waals surface area contributed by atoms with Gasteiger partial charge in [0.1, 0.15) is 0 Å². The van der Waals surface area contributed by atoms with Crippen molar-refractivity contribution in [3.8, 4) is 0 Å². The SMILES string of the molecule is C.CC.CC.CC.CC.CC.CC.CC.CC.CC.CC.CC.CC.CC.CC.CC.CC.CC.CC.CC.CC.CC.CC.CC.CC.CC.CC.CC.CC.CC.COC.COC.COC.COC.Cc1ccccc1.[B].[B].c1ccccc1.c1ccccc1.c1ccccc1. The van der Waals surface area contributed by atoms with Gasteiger partial charge in [-0.3, -0.25) is 0 Å². The molecule has 0 aliphatic rings. The van der Waals surface area contributed by atoms with E-state index in [0.717, 1.165) is 0 Å². The Balaban J connectivity index is -0.0000000120. The molecule has 0 N–H and O–H groups in total. The number of methoxy groups -OCH3 is 4. The molecular weight excluding hydrogens is 1190 g/mol. The van der Waals surface area contributed by atoms with Crippen molar-refractivity contribution >= 4 is 16.8 Å². The van der Waals surface area contributed by atoms with E-state index in [1.165, 1.54) is 5.56 Å². The zero-order valence-electron chi connectivity index (χ0n) is 83.6. The molecule has 0 bridgehead atoms. The van der Waals surface area contributed by atoms with Crippen LogP contribution in [0.5, 0.6) is 0 Å². The number of benzene rings is 4. The Bertz CT molecular complexity index is 625. The summed E-state index contributed by atoms with van der Waals surface area (Å²) in [7, 11) is 13.0. The van der Waals surface area contributed by atoms with E-state index in [-0.39, 0.29) is 24.3 Å². The van der Waals surface area contributed by atoms with Crippen LogP contribution >= 0.6 is 0 Å². The largest absolute Gasteiger partial charge is 0.388 e. The Hall–Kier alpha value is -3.15. The molecule has 0 saturated carbocycles.